The molecule has 20 heavy (non-hydrogen) atoms. The monoisotopic (exact) mass is 296 g/mol. The summed E-state index contributed by atoms with van der Waals surface area (Å²) in [5.41, 5.74) is 0.686. The van der Waals surface area contributed by atoms with Gasteiger partial charge < -0.3 is 10.6 Å². The van der Waals surface area contributed by atoms with Crippen molar-refractivity contribution >= 4 is 33.6 Å². The van der Waals surface area contributed by atoms with Crippen molar-refractivity contribution in [3.05, 3.63) is 6.20 Å². The first kappa shape index (κ1) is 14.7. The van der Waals surface area contributed by atoms with E-state index in [2.05, 4.69) is 37.7 Å². The lowest BCUT2D eigenvalue weighted by Gasteiger charge is -2.12. The molecular formula is C12H20N6OS. The van der Waals surface area contributed by atoms with Crippen molar-refractivity contribution in [2.24, 2.45) is 0 Å². The maximum absolute atomic E-state index is 11.4. The average Bonchev–Trinajstić information content (AvgIpc) is 2.90. The van der Waals surface area contributed by atoms with E-state index in [1.807, 2.05) is 6.92 Å². The summed E-state index contributed by atoms with van der Waals surface area (Å²) in [6.07, 6.45) is 4.39. The van der Waals surface area contributed by atoms with Crippen LogP contribution < -0.4 is 10.6 Å². The van der Waals surface area contributed by atoms with Crippen LogP contribution in [-0.2, 0) is 10.8 Å². The Balaban J connectivity index is 2.21. The third-order valence-corrected chi connectivity index (χ3v) is 4.27. The van der Waals surface area contributed by atoms with Crippen LogP contribution in [0, 0.1) is 0 Å². The maximum atomic E-state index is 11.4. The minimum atomic E-state index is -0.863. The predicted octanol–water partition coefficient (Wildman–Crippen LogP) is 1.35. The Hall–Kier alpha value is -1.70. The summed E-state index contributed by atoms with van der Waals surface area (Å²) in [4.78, 5) is 8.80. The van der Waals surface area contributed by atoms with E-state index in [0.29, 0.717) is 24.0 Å². The van der Waals surface area contributed by atoms with Gasteiger partial charge >= 0.3 is 0 Å². The third kappa shape index (κ3) is 3.44. The predicted molar refractivity (Wildman–Crippen MR) is 82.5 cm³/mol. The Morgan fingerprint density at radius 3 is 2.90 bits per heavy atom. The number of aromatic amines is 1. The van der Waals surface area contributed by atoms with E-state index < -0.39 is 10.8 Å². The van der Waals surface area contributed by atoms with Gasteiger partial charge in [0.15, 0.2) is 5.65 Å². The first-order valence-electron chi connectivity index (χ1n) is 6.63. The fourth-order valence-electron chi connectivity index (χ4n) is 1.64. The van der Waals surface area contributed by atoms with Crippen LogP contribution in [0.4, 0.5) is 11.8 Å². The van der Waals surface area contributed by atoms with Gasteiger partial charge in [0.2, 0.25) is 5.95 Å². The van der Waals surface area contributed by atoms with Crippen LogP contribution in [0.2, 0.25) is 0 Å². The summed E-state index contributed by atoms with van der Waals surface area (Å²) in [5, 5.41) is 14.1. The fraction of sp³-hybridized carbons (Fsp3) is 0.583. The van der Waals surface area contributed by atoms with Gasteiger partial charge in [0.1, 0.15) is 5.82 Å². The summed E-state index contributed by atoms with van der Waals surface area (Å²) in [7, 11) is -0.863. The van der Waals surface area contributed by atoms with Gasteiger partial charge in [0.05, 0.1) is 11.6 Å². The van der Waals surface area contributed by atoms with Gasteiger partial charge in [-0.3, -0.25) is 9.31 Å². The number of H-pyrrole nitrogens is 1. The Morgan fingerprint density at radius 1 is 1.40 bits per heavy atom. The second-order valence-corrected chi connectivity index (χ2v) is 6.45. The topological polar surface area (TPSA) is 95.6 Å². The zero-order chi connectivity index (χ0) is 14.5. The van der Waals surface area contributed by atoms with Crippen molar-refractivity contribution in [1.29, 1.82) is 0 Å². The van der Waals surface area contributed by atoms with Crippen molar-refractivity contribution in [3.8, 4) is 0 Å². The number of anilines is 2. The van der Waals surface area contributed by atoms with E-state index in [9.17, 15) is 4.21 Å². The molecule has 2 aromatic rings. The zero-order valence-corrected chi connectivity index (χ0v) is 12.8. The molecule has 0 amide bonds. The lowest BCUT2D eigenvalue weighted by Crippen LogP contribution is -2.21. The van der Waals surface area contributed by atoms with Crippen LogP contribution in [0.3, 0.4) is 0 Å². The summed E-state index contributed by atoms with van der Waals surface area (Å²) >= 11 is 0. The number of nitrogens with one attached hydrogen (secondary N) is 3. The first-order valence-corrected chi connectivity index (χ1v) is 8.25. The van der Waals surface area contributed by atoms with Crippen molar-refractivity contribution in [2.75, 3.05) is 30.0 Å². The molecule has 8 heteroatoms. The van der Waals surface area contributed by atoms with E-state index >= 15 is 0 Å². The molecule has 7 nitrogen and oxygen atoms in total. The van der Waals surface area contributed by atoms with Gasteiger partial charge in [-0.15, -0.1) is 0 Å². The molecule has 0 fully saturated rings. The van der Waals surface area contributed by atoms with E-state index in [1.54, 1.807) is 12.5 Å². The fourth-order valence-corrected chi connectivity index (χ4v) is 1.96. The molecule has 2 aromatic heterocycles. The van der Waals surface area contributed by atoms with Crippen LogP contribution >= 0.6 is 0 Å². The smallest absolute Gasteiger partial charge is 0.226 e. The molecule has 0 saturated carbocycles. The van der Waals surface area contributed by atoms with E-state index in [0.717, 1.165) is 18.4 Å². The Morgan fingerprint density at radius 2 is 2.20 bits per heavy atom. The summed E-state index contributed by atoms with van der Waals surface area (Å²) < 4.78 is 11.4. The van der Waals surface area contributed by atoms with Gasteiger partial charge in [-0.05, 0) is 13.3 Å². The molecule has 2 heterocycles. The van der Waals surface area contributed by atoms with Gasteiger partial charge in [0.25, 0.3) is 0 Å². The summed E-state index contributed by atoms with van der Waals surface area (Å²) in [5.74, 6) is 1.27. The number of hydrogen-bond acceptors (Lipinski definition) is 6. The molecule has 0 bridgehead atoms. The van der Waals surface area contributed by atoms with Gasteiger partial charge in [-0.2, -0.15) is 15.1 Å². The standard InChI is InChI=1S/C12H20N6OS/c1-4-5-13-12-16-10(14-6-8(2)20(3)19)9-7-15-18-11(9)17-12/h7-8H,4-6H2,1-3H3,(H3,13,14,15,16,17,18). The molecule has 3 N–H and O–H groups in total. The van der Waals surface area contributed by atoms with Gasteiger partial charge in [-0.1, -0.05) is 6.92 Å². The maximum Gasteiger partial charge on any atom is 0.226 e. The number of aromatic nitrogens is 4. The third-order valence-electron chi connectivity index (χ3n) is 2.97. The number of nitrogens with zero attached hydrogens (tertiary/aromatic N) is 3. The normalized spacial score (nSPS) is 14.2. The second kappa shape index (κ2) is 6.65. The van der Waals surface area contributed by atoms with E-state index in [-0.39, 0.29) is 5.25 Å². The molecule has 0 saturated heterocycles. The molecule has 0 aliphatic carbocycles. The molecule has 0 spiro atoms. The Bertz CT molecular complexity index is 599. The highest BCUT2D eigenvalue weighted by Crippen LogP contribution is 2.20. The molecule has 0 aliphatic heterocycles. The zero-order valence-electron chi connectivity index (χ0n) is 11.9. The molecule has 2 atom stereocenters. The summed E-state index contributed by atoms with van der Waals surface area (Å²) in [6.45, 7) is 5.42. The molecule has 2 unspecified atom stereocenters. The highest BCUT2D eigenvalue weighted by Gasteiger charge is 2.11. The molecule has 2 rings (SSSR count). The lowest BCUT2D eigenvalue weighted by molar-refractivity contribution is 0.679. The summed E-state index contributed by atoms with van der Waals surface area (Å²) in [6, 6.07) is 0. The lowest BCUT2D eigenvalue weighted by atomic mass is 10.3. The molecule has 110 valence electrons. The Kier molecular flexibility index (Phi) is 4.89. The number of rotatable bonds is 7. The quantitative estimate of drug-likeness (QED) is 0.714. The SMILES string of the molecule is CCCNc1nc(NCC(C)S(C)=O)c2cn[nH]c2n1. The van der Waals surface area contributed by atoms with Crippen LogP contribution in [-0.4, -0.2) is 49.0 Å². The molecular weight excluding hydrogens is 276 g/mol. The Labute approximate surface area is 120 Å². The molecule has 0 aliphatic rings. The van der Waals surface area contributed by atoms with E-state index in [4.69, 9.17) is 0 Å². The molecule has 0 radical (unpaired) electrons. The highest BCUT2D eigenvalue weighted by atomic mass is 32.2. The minimum absolute atomic E-state index is 0.0546. The van der Waals surface area contributed by atoms with Crippen molar-refractivity contribution in [3.63, 3.8) is 0 Å². The highest BCUT2D eigenvalue weighted by molar-refractivity contribution is 7.84. The van der Waals surface area contributed by atoms with Crippen LogP contribution in [0.15, 0.2) is 6.20 Å². The van der Waals surface area contributed by atoms with Crippen LogP contribution in [0.25, 0.3) is 11.0 Å². The van der Waals surface area contributed by atoms with Crippen molar-refractivity contribution in [1.82, 2.24) is 20.2 Å². The van der Waals surface area contributed by atoms with Gasteiger partial charge in [-0.25, -0.2) is 0 Å². The van der Waals surface area contributed by atoms with Gasteiger partial charge in [0, 0.05) is 35.4 Å². The minimum Gasteiger partial charge on any atom is -0.368 e. The number of hydrogen-bond donors (Lipinski definition) is 3. The van der Waals surface area contributed by atoms with E-state index in [1.165, 1.54) is 0 Å². The first-order chi connectivity index (χ1) is 9.61. The van der Waals surface area contributed by atoms with Crippen molar-refractivity contribution in [2.45, 2.75) is 25.5 Å². The molecule has 0 aromatic carbocycles. The largest absolute Gasteiger partial charge is 0.368 e. The number of fused-ring (bicyclic) bond motifs is 1. The van der Waals surface area contributed by atoms with Crippen molar-refractivity contribution < 1.29 is 4.21 Å². The van der Waals surface area contributed by atoms with Crippen LogP contribution in [0.5, 0.6) is 0 Å². The average molecular weight is 296 g/mol. The van der Waals surface area contributed by atoms with Crippen LogP contribution in [0.1, 0.15) is 20.3 Å². The second-order valence-electron chi connectivity index (χ2n) is 4.64.